The Balaban J connectivity index is 1.30. The monoisotopic (exact) mass is 490 g/mol. The smallest absolute Gasteiger partial charge is 0.309 e. The molecule has 194 valence electrons. The standard InChI is InChI=1S/C32H42O4/c1-29(2,3)35-27(33)23-11-13-25(31(19-23)15-16-31)21-7-9-22(10-8-21)26-14-12-24(20-32(26)17-18-32)28(34)36-30(4,5)6/h7-10,13-14,23-24H,11-12,15-20H2,1-6H3/t23-,24+. The summed E-state index contributed by atoms with van der Waals surface area (Å²) in [6.45, 7) is 11.6. The van der Waals surface area contributed by atoms with E-state index in [1.54, 1.807) is 0 Å². The molecule has 4 nitrogen and oxygen atoms in total. The number of allylic oxidation sites excluding steroid dienone is 4. The second kappa shape index (κ2) is 8.60. The number of benzene rings is 1. The summed E-state index contributed by atoms with van der Waals surface area (Å²) in [7, 11) is 0. The molecular weight excluding hydrogens is 448 g/mol. The van der Waals surface area contributed by atoms with Crippen LogP contribution < -0.4 is 0 Å². The van der Waals surface area contributed by atoms with Gasteiger partial charge >= 0.3 is 11.9 Å². The lowest BCUT2D eigenvalue weighted by Crippen LogP contribution is -2.31. The van der Waals surface area contributed by atoms with Gasteiger partial charge in [0.1, 0.15) is 11.2 Å². The molecule has 0 saturated heterocycles. The number of rotatable bonds is 4. The van der Waals surface area contributed by atoms with Crippen molar-refractivity contribution in [2.45, 2.75) is 104 Å². The molecule has 1 aromatic carbocycles. The maximum absolute atomic E-state index is 12.7. The van der Waals surface area contributed by atoms with Crippen molar-refractivity contribution < 1.29 is 19.1 Å². The molecule has 0 heterocycles. The van der Waals surface area contributed by atoms with Crippen molar-refractivity contribution >= 4 is 23.1 Å². The first-order valence-electron chi connectivity index (χ1n) is 13.8. The van der Waals surface area contributed by atoms with E-state index in [4.69, 9.17) is 9.47 Å². The van der Waals surface area contributed by atoms with Gasteiger partial charge in [-0.05, 0) is 126 Å². The van der Waals surface area contributed by atoms with E-state index in [0.717, 1.165) is 51.4 Å². The van der Waals surface area contributed by atoms with Crippen LogP contribution in [0.5, 0.6) is 0 Å². The van der Waals surface area contributed by atoms with Crippen LogP contribution in [0.15, 0.2) is 36.4 Å². The first-order valence-corrected chi connectivity index (χ1v) is 13.8. The number of ether oxygens (including phenoxy) is 2. The van der Waals surface area contributed by atoms with Crippen LogP contribution in [0.4, 0.5) is 0 Å². The van der Waals surface area contributed by atoms with Gasteiger partial charge in [-0.15, -0.1) is 0 Å². The van der Waals surface area contributed by atoms with Crippen LogP contribution >= 0.6 is 0 Å². The van der Waals surface area contributed by atoms with Gasteiger partial charge in [0.25, 0.3) is 0 Å². The number of hydrogen-bond acceptors (Lipinski definition) is 4. The van der Waals surface area contributed by atoms with Crippen LogP contribution in [-0.2, 0) is 19.1 Å². The Labute approximate surface area is 216 Å². The third-order valence-electron chi connectivity index (χ3n) is 8.32. The first-order chi connectivity index (χ1) is 16.8. The number of carbonyl (C=O) groups excluding carboxylic acids is 2. The molecule has 2 spiro atoms. The van der Waals surface area contributed by atoms with Gasteiger partial charge in [-0.1, -0.05) is 36.4 Å². The Morgan fingerprint density at radius 1 is 0.667 bits per heavy atom. The van der Waals surface area contributed by atoms with E-state index in [0.29, 0.717) is 0 Å². The summed E-state index contributed by atoms with van der Waals surface area (Å²) in [5, 5.41) is 0. The molecule has 0 N–H and O–H groups in total. The molecule has 0 bridgehead atoms. The number of esters is 2. The van der Waals surface area contributed by atoms with Crippen LogP contribution in [0, 0.1) is 22.7 Å². The van der Waals surface area contributed by atoms with Crippen LogP contribution in [0.3, 0.4) is 0 Å². The lowest BCUT2D eigenvalue weighted by Gasteiger charge is -2.32. The van der Waals surface area contributed by atoms with Crippen molar-refractivity contribution in [2.75, 3.05) is 0 Å². The fraction of sp³-hybridized carbons (Fsp3) is 0.625. The maximum Gasteiger partial charge on any atom is 0.309 e. The molecule has 0 aromatic heterocycles. The second-order valence-corrected chi connectivity index (χ2v) is 13.7. The SMILES string of the molecule is CC(C)(C)OC(=O)[C@@H]1CC=C(c2ccc(C3=CC[C@H](C(=O)OC(C)(C)C)CC34CC4)cc2)C2(CC2)C1. The zero-order valence-electron chi connectivity index (χ0n) is 22.9. The molecule has 2 fully saturated rings. The predicted molar refractivity (Wildman–Crippen MR) is 143 cm³/mol. The van der Waals surface area contributed by atoms with E-state index in [-0.39, 0.29) is 34.6 Å². The minimum atomic E-state index is -0.437. The zero-order chi connectivity index (χ0) is 25.9. The van der Waals surface area contributed by atoms with Gasteiger partial charge in [-0.2, -0.15) is 0 Å². The number of hydrogen-bond donors (Lipinski definition) is 0. The summed E-state index contributed by atoms with van der Waals surface area (Å²) in [5.41, 5.74) is 4.81. The molecule has 36 heavy (non-hydrogen) atoms. The Bertz CT molecular complexity index is 1010. The van der Waals surface area contributed by atoms with E-state index in [9.17, 15) is 9.59 Å². The summed E-state index contributed by atoms with van der Waals surface area (Å²) < 4.78 is 11.4. The van der Waals surface area contributed by atoms with Gasteiger partial charge in [-0.25, -0.2) is 0 Å². The normalized spacial score (nSPS) is 26.2. The van der Waals surface area contributed by atoms with E-state index in [2.05, 4.69) is 36.4 Å². The summed E-state index contributed by atoms with van der Waals surface area (Å²) in [6, 6.07) is 9.08. The maximum atomic E-state index is 12.7. The molecule has 0 radical (unpaired) electrons. The highest BCUT2D eigenvalue weighted by Crippen LogP contribution is 2.63. The first kappa shape index (κ1) is 25.3. The van der Waals surface area contributed by atoms with E-state index < -0.39 is 11.2 Å². The Morgan fingerprint density at radius 2 is 1.00 bits per heavy atom. The molecule has 1 aromatic rings. The molecule has 4 aliphatic carbocycles. The lowest BCUT2D eigenvalue weighted by molar-refractivity contribution is -0.161. The highest BCUT2D eigenvalue weighted by Gasteiger charge is 2.52. The second-order valence-electron chi connectivity index (χ2n) is 13.7. The van der Waals surface area contributed by atoms with Crippen molar-refractivity contribution in [1.29, 1.82) is 0 Å². The topological polar surface area (TPSA) is 52.6 Å². The molecule has 5 rings (SSSR count). The highest BCUT2D eigenvalue weighted by atomic mass is 16.6. The van der Waals surface area contributed by atoms with Crippen LogP contribution in [0.25, 0.3) is 11.1 Å². The summed E-state index contributed by atoms with van der Waals surface area (Å²) in [5.74, 6) is -0.171. The van der Waals surface area contributed by atoms with E-state index in [1.165, 1.54) is 22.3 Å². The zero-order valence-corrected chi connectivity index (χ0v) is 22.9. The minimum absolute atomic E-state index is 0.0326. The molecule has 4 heteroatoms. The minimum Gasteiger partial charge on any atom is -0.460 e. The quantitative estimate of drug-likeness (QED) is 0.410. The van der Waals surface area contributed by atoms with Gasteiger partial charge in [-0.3, -0.25) is 9.59 Å². The summed E-state index contributed by atoms with van der Waals surface area (Å²) in [6.07, 6.45) is 12.5. The third-order valence-corrected chi connectivity index (χ3v) is 8.32. The fourth-order valence-corrected chi connectivity index (χ4v) is 6.34. The van der Waals surface area contributed by atoms with E-state index >= 15 is 0 Å². The van der Waals surface area contributed by atoms with Gasteiger partial charge < -0.3 is 9.47 Å². The molecule has 0 aliphatic heterocycles. The van der Waals surface area contributed by atoms with Gasteiger partial charge in [0, 0.05) is 0 Å². The molecule has 0 unspecified atom stereocenters. The average Bonchev–Trinajstić information content (AvgIpc) is 3.71. The average molecular weight is 491 g/mol. The Hall–Kier alpha value is -2.36. The number of carbonyl (C=O) groups is 2. The van der Waals surface area contributed by atoms with Gasteiger partial charge in [0.2, 0.25) is 0 Å². The molecular formula is C32H42O4. The van der Waals surface area contributed by atoms with Crippen LogP contribution in [0.2, 0.25) is 0 Å². The molecule has 2 atom stereocenters. The van der Waals surface area contributed by atoms with Crippen LogP contribution in [0.1, 0.15) is 104 Å². The van der Waals surface area contributed by atoms with E-state index in [1.807, 2.05) is 41.5 Å². The fourth-order valence-electron chi connectivity index (χ4n) is 6.34. The highest BCUT2D eigenvalue weighted by molar-refractivity contribution is 5.82. The van der Waals surface area contributed by atoms with Crippen LogP contribution in [-0.4, -0.2) is 23.1 Å². The predicted octanol–water partition coefficient (Wildman–Crippen LogP) is 7.52. The van der Waals surface area contributed by atoms with Crippen molar-refractivity contribution in [3.63, 3.8) is 0 Å². The Kier molecular flexibility index (Phi) is 6.04. The molecule has 2 saturated carbocycles. The third kappa shape index (κ3) is 5.19. The van der Waals surface area contributed by atoms with Gasteiger partial charge in [0.05, 0.1) is 11.8 Å². The van der Waals surface area contributed by atoms with Gasteiger partial charge in [0.15, 0.2) is 0 Å². The Morgan fingerprint density at radius 3 is 1.28 bits per heavy atom. The summed E-state index contributed by atoms with van der Waals surface area (Å²) >= 11 is 0. The van der Waals surface area contributed by atoms with Crippen molar-refractivity contribution in [3.05, 3.63) is 47.5 Å². The van der Waals surface area contributed by atoms with Crippen molar-refractivity contribution in [3.8, 4) is 0 Å². The lowest BCUT2D eigenvalue weighted by atomic mass is 9.74. The largest absolute Gasteiger partial charge is 0.460 e. The summed E-state index contributed by atoms with van der Waals surface area (Å²) in [4.78, 5) is 25.4. The molecule has 4 aliphatic rings. The molecule has 0 amide bonds. The van der Waals surface area contributed by atoms with Crippen molar-refractivity contribution in [2.24, 2.45) is 22.7 Å². The van der Waals surface area contributed by atoms with Crippen molar-refractivity contribution in [1.82, 2.24) is 0 Å².